The van der Waals surface area contributed by atoms with Gasteiger partial charge in [0.25, 0.3) is 0 Å². The van der Waals surface area contributed by atoms with Crippen molar-refractivity contribution in [3.63, 3.8) is 0 Å². The van der Waals surface area contributed by atoms with E-state index in [4.69, 9.17) is 21.7 Å². The topological polar surface area (TPSA) is 53.4 Å². The quantitative estimate of drug-likeness (QED) is 0.542. The summed E-state index contributed by atoms with van der Waals surface area (Å²) in [5.41, 5.74) is 1.36. The number of anilines is 1. The molecule has 4 nitrogen and oxygen atoms in total. The lowest BCUT2D eigenvalue weighted by Gasteiger charge is -2.31. The maximum atomic E-state index is 11.1. The molecule has 1 aromatic heterocycles. The number of nitrogens with zero attached hydrogens (tertiary/aromatic N) is 2. The number of thioether (sulfide) groups is 1. The van der Waals surface area contributed by atoms with Gasteiger partial charge >= 0.3 is 5.97 Å². The van der Waals surface area contributed by atoms with Gasteiger partial charge in [0.15, 0.2) is 5.13 Å². The number of carboxylic acid groups (broad SMARTS) is 1. The molecule has 3 aromatic rings. The van der Waals surface area contributed by atoms with Gasteiger partial charge in [0.05, 0.1) is 15.8 Å². The Morgan fingerprint density at radius 1 is 1.26 bits per heavy atom. The van der Waals surface area contributed by atoms with Gasteiger partial charge in [-0.1, -0.05) is 29.0 Å². The van der Waals surface area contributed by atoms with Crippen LogP contribution >= 0.6 is 34.7 Å². The van der Waals surface area contributed by atoms with Crippen LogP contribution in [0.15, 0.2) is 47.4 Å². The Kier molecular flexibility index (Phi) is 5.57. The van der Waals surface area contributed by atoms with E-state index in [9.17, 15) is 4.79 Å². The number of aromatic carboxylic acids is 1. The average molecular weight is 419 g/mol. The fraction of sp³-hybridized carbons (Fsp3) is 0.300. The van der Waals surface area contributed by atoms with E-state index in [0.717, 1.165) is 57.0 Å². The third-order valence-electron chi connectivity index (χ3n) is 4.79. The van der Waals surface area contributed by atoms with Gasteiger partial charge < -0.3 is 10.0 Å². The van der Waals surface area contributed by atoms with E-state index in [-0.39, 0.29) is 0 Å². The fourth-order valence-electron chi connectivity index (χ4n) is 3.25. The summed E-state index contributed by atoms with van der Waals surface area (Å²) >= 11 is 9.53. The zero-order valence-corrected chi connectivity index (χ0v) is 17.0. The van der Waals surface area contributed by atoms with Crippen LogP contribution in [-0.2, 0) is 0 Å². The van der Waals surface area contributed by atoms with Gasteiger partial charge in [-0.05, 0) is 55.2 Å². The van der Waals surface area contributed by atoms with Crippen molar-refractivity contribution in [3.05, 3.63) is 53.1 Å². The minimum Gasteiger partial charge on any atom is -0.478 e. The van der Waals surface area contributed by atoms with Gasteiger partial charge in [-0.3, -0.25) is 0 Å². The summed E-state index contributed by atoms with van der Waals surface area (Å²) in [4.78, 5) is 19.2. The molecule has 0 radical (unpaired) electrons. The third kappa shape index (κ3) is 4.39. The molecule has 0 bridgehead atoms. The number of hydrogen-bond donors (Lipinski definition) is 1. The first kappa shape index (κ1) is 18.6. The van der Waals surface area contributed by atoms with Crippen LogP contribution in [0.1, 0.15) is 23.2 Å². The lowest BCUT2D eigenvalue weighted by Crippen LogP contribution is -2.34. The summed E-state index contributed by atoms with van der Waals surface area (Å²) in [6.45, 7) is 2.02. The number of fused-ring (bicyclic) bond motifs is 1. The van der Waals surface area contributed by atoms with E-state index in [1.807, 2.05) is 30.3 Å². The van der Waals surface area contributed by atoms with E-state index in [2.05, 4.69) is 4.90 Å². The first-order valence-electron chi connectivity index (χ1n) is 8.86. The molecule has 0 saturated carbocycles. The maximum absolute atomic E-state index is 11.1. The van der Waals surface area contributed by atoms with Crippen LogP contribution in [0.2, 0.25) is 5.02 Å². The van der Waals surface area contributed by atoms with Crippen LogP contribution < -0.4 is 4.90 Å². The number of hydrogen-bond acceptors (Lipinski definition) is 5. The smallest absolute Gasteiger partial charge is 0.335 e. The monoisotopic (exact) mass is 418 g/mol. The predicted octanol–water partition coefficient (Wildman–Crippen LogP) is 5.66. The summed E-state index contributed by atoms with van der Waals surface area (Å²) in [5, 5.41) is 10.9. The van der Waals surface area contributed by atoms with Crippen molar-refractivity contribution in [2.45, 2.75) is 17.7 Å². The minimum atomic E-state index is -0.872. The molecule has 0 aliphatic carbocycles. The number of piperidine rings is 1. The molecule has 1 fully saturated rings. The van der Waals surface area contributed by atoms with Crippen molar-refractivity contribution in [1.82, 2.24) is 4.98 Å². The number of aromatic nitrogens is 1. The second-order valence-corrected chi connectivity index (χ2v) is 9.22. The van der Waals surface area contributed by atoms with Crippen molar-refractivity contribution in [2.24, 2.45) is 5.92 Å². The Labute approximate surface area is 171 Å². The van der Waals surface area contributed by atoms with Crippen LogP contribution in [0.25, 0.3) is 10.2 Å². The van der Waals surface area contributed by atoms with Crippen LogP contribution in [0, 0.1) is 5.92 Å². The normalized spacial score (nSPS) is 15.4. The number of halogens is 1. The fourth-order valence-corrected chi connectivity index (χ4v) is 5.69. The van der Waals surface area contributed by atoms with Crippen molar-refractivity contribution < 1.29 is 9.90 Å². The SMILES string of the molecule is O=C(O)c1cccc(SCC2CCN(c3nc4ccc(Cl)cc4s3)CC2)c1. The molecule has 1 saturated heterocycles. The zero-order chi connectivity index (χ0) is 18.8. The van der Waals surface area contributed by atoms with Crippen LogP contribution in [-0.4, -0.2) is 34.9 Å². The van der Waals surface area contributed by atoms with Gasteiger partial charge in [-0.15, -0.1) is 11.8 Å². The molecule has 4 rings (SSSR count). The standard InChI is InChI=1S/C20H19ClN2O2S2/c21-15-4-5-17-18(11-15)27-20(22-17)23-8-6-13(7-9-23)12-26-16-3-1-2-14(10-16)19(24)25/h1-5,10-11,13H,6-9,12H2,(H,24,25). The molecular formula is C20H19ClN2O2S2. The van der Waals surface area contributed by atoms with Crippen molar-refractivity contribution in [1.29, 1.82) is 0 Å². The largest absolute Gasteiger partial charge is 0.478 e. The maximum Gasteiger partial charge on any atom is 0.335 e. The van der Waals surface area contributed by atoms with Crippen molar-refractivity contribution in [3.8, 4) is 0 Å². The Balaban J connectivity index is 1.33. The molecule has 0 spiro atoms. The average Bonchev–Trinajstić information content (AvgIpc) is 3.10. The highest BCUT2D eigenvalue weighted by molar-refractivity contribution is 7.99. The van der Waals surface area contributed by atoms with E-state index in [1.54, 1.807) is 35.2 Å². The summed E-state index contributed by atoms with van der Waals surface area (Å²) in [6.07, 6.45) is 2.25. The molecule has 2 aromatic carbocycles. The zero-order valence-electron chi connectivity index (χ0n) is 14.6. The molecular weight excluding hydrogens is 400 g/mol. The van der Waals surface area contributed by atoms with E-state index >= 15 is 0 Å². The molecule has 140 valence electrons. The second-order valence-electron chi connectivity index (χ2n) is 6.68. The van der Waals surface area contributed by atoms with E-state index < -0.39 is 5.97 Å². The highest BCUT2D eigenvalue weighted by atomic mass is 35.5. The molecule has 1 aliphatic rings. The molecule has 27 heavy (non-hydrogen) atoms. The molecule has 0 amide bonds. The van der Waals surface area contributed by atoms with Crippen molar-refractivity contribution >= 4 is 56.0 Å². The molecule has 7 heteroatoms. The molecule has 0 atom stereocenters. The Morgan fingerprint density at radius 2 is 2.07 bits per heavy atom. The summed E-state index contributed by atoms with van der Waals surface area (Å²) < 4.78 is 1.13. The van der Waals surface area contributed by atoms with Gasteiger partial charge in [-0.2, -0.15) is 0 Å². The third-order valence-corrected chi connectivity index (χ3v) is 7.33. The second kappa shape index (κ2) is 8.09. The number of thiazole rings is 1. The Morgan fingerprint density at radius 3 is 2.85 bits per heavy atom. The summed E-state index contributed by atoms with van der Waals surface area (Å²) in [5.74, 6) is 0.790. The molecule has 0 unspecified atom stereocenters. The highest BCUT2D eigenvalue weighted by Gasteiger charge is 2.22. The van der Waals surface area contributed by atoms with Gasteiger partial charge in [0.1, 0.15) is 0 Å². The first-order valence-corrected chi connectivity index (χ1v) is 11.0. The van der Waals surface area contributed by atoms with Crippen LogP contribution in [0.4, 0.5) is 5.13 Å². The van der Waals surface area contributed by atoms with Gasteiger partial charge in [0.2, 0.25) is 0 Å². The van der Waals surface area contributed by atoms with E-state index in [1.165, 1.54) is 0 Å². The van der Waals surface area contributed by atoms with Gasteiger partial charge in [0, 0.05) is 28.8 Å². The lowest BCUT2D eigenvalue weighted by molar-refractivity contribution is 0.0696. The highest BCUT2D eigenvalue weighted by Crippen LogP contribution is 2.34. The molecule has 1 N–H and O–H groups in total. The Bertz CT molecular complexity index is 968. The number of carboxylic acids is 1. The number of rotatable bonds is 5. The van der Waals surface area contributed by atoms with Crippen LogP contribution in [0.5, 0.6) is 0 Å². The van der Waals surface area contributed by atoms with E-state index in [0.29, 0.717) is 11.5 Å². The molecule has 1 aliphatic heterocycles. The van der Waals surface area contributed by atoms with Crippen LogP contribution in [0.3, 0.4) is 0 Å². The molecule has 2 heterocycles. The minimum absolute atomic E-state index is 0.353. The van der Waals surface area contributed by atoms with Crippen molar-refractivity contribution in [2.75, 3.05) is 23.7 Å². The lowest BCUT2D eigenvalue weighted by atomic mass is 9.99. The summed E-state index contributed by atoms with van der Waals surface area (Å²) in [7, 11) is 0. The predicted molar refractivity (Wildman–Crippen MR) is 114 cm³/mol. The number of benzene rings is 2. The number of carbonyl (C=O) groups is 1. The van der Waals surface area contributed by atoms with Gasteiger partial charge in [-0.25, -0.2) is 9.78 Å². The summed E-state index contributed by atoms with van der Waals surface area (Å²) in [6, 6.07) is 13.0. The Hall–Kier alpha value is -1.76. The first-order chi connectivity index (χ1) is 13.1.